The topological polar surface area (TPSA) is 131 Å². The molecule has 1 N–H and O–H groups in total. The molecule has 2 atom stereocenters. The fourth-order valence-electron chi connectivity index (χ4n) is 5.66. The van der Waals surface area contributed by atoms with Crippen LogP contribution in [0.2, 0.25) is 10.0 Å². The Hall–Kier alpha value is -3.95. The Kier molecular flexibility index (Phi) is 7.76. The van der Waals surface area contributed by atoms with Gasteiger partial charge >= 0.3 is 6.03 Å². The maximum atomic E-state index is 14.3. The number of imide groups is 1. The third kappa shape index (κ3) is 5.46. The van der Waals surface area contributed by atoms with Crippen LogP contribution in [-0.4, -0.2) is 68.0 Å². The predicted octanol–water partition coefficient (Wildman–Crippen LogP) is 3.99. The molecule has 0 radical (unpaired) electrons. The molecule has 1 spiro atoms. The summed E-state index contributed by atoms with van der Waals surface area (Å²) >= 11 is 12.4. The second-order valence-corrected chi connectivity index (χ2v) is 13.0. The van der Waals surface area contributed by atoms with Gasteiger partial charge in [-0.3, -0.25) is 14.5 Å². The first-order valence-electron chi connectivity index (χ1n) is 12.7. The SMILES string of the molecule is CN1C(=O)N(c2cc(Cl)cc(Cl)c2)C(=O)C12CN(Cc1ccc(C(=O)NS(C)(=O)=O)cc1)CC2c1ccc(C#N)cc1. The van der Waals surface area contributed by atoms with Gasteiger partial charge in [-0.05, 0) is 53.6 Å². The number of sulfonamides is 1. The van der Waals surface area contributed by atoms with Crippen LogP contribution >= 0.6 is 23.2 Å². The third-order valence-electron chi connectivity index (χ3n) is 7.58. The normalized spacial score (nSPS) is 20.8. The minimum absolute atomic E-state index is 0.185. The lowest BCUT2D eigenvalue weighted by atomic mass is 9.80. The fraction of sp³-hybridized carbons (Fsp3) is 0.241. The number of hydrogen-bond acceptors (Lipinski definition) is 7. The van der Waals surface area contributed by atoms with Crippen LogP contribution in [0.1, 0.15) is 33.0 Å². The summed E-state index contributed by atoms with van der Waals surface area (Å²) in [5.74, 6) is -1.59. The molecule has 216 valence electrons. The van der Waals surface area contributed by atoms with Crippen molar-refractivity contribution in [2.75, 3.05) is 31.3 Å². The summed E-state index contributed by atoms with van der Waals surface area (Å²) in [4.78, 5) is 44.8. The van der Waals surface area contributed by atoms with E-state index in [1.807, 2.05) is 9.62 Å². The summed E-state index contributed by atoms with van der Waals surface area (Å²) in [5, 5.41) is 9.86. The molecule has 3 aromatic rings. The van der Waals surface area contributed by atoms with Crippen LogP contribution in [0.5, 0.6) is 0 Å². The number of likely N-dealkylation sites (tertiary alicyclic amines) is 1. The quantitative estimate of drug-likeness (QED) is 0.410. The molecule has 0 aliphatic carbocycles. The molecule has 3 aromatic carbocycles. The van der Waals surface area contributed by atoms with Gasteiger partial charge in [-0.1, -0.05) is 47.5 Å². The molecule has 5 rings (SSSR count). The van der Waals surface area contributed by atoms with Crippen molar-refractivity contribution in [2.45, 2.75) is 18.0 Å². The zero-order valence-corrected chi connectivity index (χ0v) is 24.9. The van der Waals surface area contributed by atoms with Gasteiger partial charge in [0, 0.05) is 48.2 Å². The van der Waals surface area contributed by atoms with E-state index >= 15 is 0 Å². The smallest absolute Gasteiger partial charge is 0.310 e. The zero-order chi connectivity index (χ0) is 30.4. The molecule has 2 aliphatic heterocycles. The van der Waals surface area contributed by atoms with Crippen LogP contribution in [0, 0.1) is 11.3 Å². The number of benzene rings is 3. The fourth-order valence-corrected chi connectivity index (χ4v) is 6.63. The van der Waals surface area contributed by atoms with Gasteiger partial charge in [-0.15, -0.1) is 0 Å². The van der Waals surface area contributed by atoms with E-state index in [0.717, 1.165) is 22.3 Å². The highest BCUT2D eigenvalue weighted by atomic mass is 35.5. The average Bonchev–Trinajstić information content (AvgIpc) is 3.39. The van der Waals surface area contributed by atoms with Crippen LogP contribution in [0.3, 0.4) is 0 Å². The zero-order valence-electron chi connectivity index (χ0n) is 22.5. The first-order valence-corrected chi connectivity index (χ1v) is 15.4. The highest BCUT2D eigenvalue weighted by Gasteiger charge is 2.64. The van der Waals surface area contributed by atoms with Gasteiger partial charge in [0.15, 0.2) is 0 Å². The van der Waals surface area contributed by atoms with Gasteiger partial charge in [-0.25, -0.2) is 22.8 Å². The minimum atomic E-state index is -3.70. The molecule has 2 unspecified atom stereocenters. The summed E-state index contributed by atoms with van der Waals surface area (Å²) in [6.45, 7) is 1.01. The number of carbonyl (C=O) groups excluding carboxylic acids is 3. The molecular weight excluding hydrogens is 601 g/mol. The van der Waals surface area contributed by atoms with Crippen molar-refractivity contribution < 1.29 is 22.8 Å². The second kappa shape index (κ2) is 11.0. The Morgan fingerprint density at radius 1 is 1.05 bits per heavy atom. The van der Waals surface area contributed by atoms with E-state index in [-0.39, 0.29) is 27.8 Å². The van der Waals surface area contributed by atoms with E-state index in [1.54, 1.807) is 43.4 Å². The first-order chi connectivity index (χ1) is 19.8. The Bertz CT molecular complexity index is 1720. The van der Waals surface area contributed by atoms with Gasteiger partial charge in [0.25, 0.3) is 11.8 Å². The van der Waals surface area contributed by atoms with Gasteiger partial charge in [0.1, 0.15) is 5.54 Å². The molecule has 13 heteroatoms. The first kappa shape index (κ1) is 29.5. The molecule has 0 saturated carbocycles. The van der Waals surface area contributed by atoms with Crippen LogP contribution < -0.4 is 9.62 Å². The number of carbonyl (C=O) groups is 3. The third-order valence-corrected chi connectivity index (χ3v) is 8.57. The molecule has 10 nitrogen and oxygen atoms in total. The number of nitrogens with one attached hydrogen (secondary N) is 1. The Morgan fingerprint density at radius 2 is 1.67 bits per heavy atom. The van der Waals surface area contributed by atoms with E-state index in [2.05, 4.69) is 6.07 Å². The molecule has 2 heterocycles. The average molecular weight is 627 g/mol. The highest BCUT2D eigenvalue weighted by Crippen LogP contribution is 2.47. The molecule has 0 bridgehead atoms. The maximum Gasteiger partial charge on any atom is 0.332 e. The van der Waals surface area contributed by atoms with E-state index < -0.39 is 39.3 Å². The molecular formula is C29H25Cl2N5O5S. The Balaban J connectivity index is 1.49. The van der Waals surface area contributed by atoms with E-state index in [4.69, 9.17) is 23.2 Å². The van der Waals surface area contributed by atoms with Crippen molar-refractivity contribution >= 4 is 56.8 Å². The summed E-state index contributed by atoms with van der Waals surface area (Å²) in [5.41, 5.74) is 1.27. The lowest BCUT2D eigenvalue weighted by molar-refractivity contribution is -0.124. The minimum Gasteiger partial charge on any atom is -0.310 e. The number of nitriles is 1. The van der Waals surface area contributed by atoms with Crippen LogP contribution in [0.15, 0.2) is 66.7 Å². The maximum absolute atomic E-state index is 14.3. The molecule has 2 fully saturated rings. The van der Waals surface area contributed by atoms with Crippen molar-refractivity contribution in [3.8, 4) is 6.07 Å². The van der Waals surface area contributed by atoms with Crippen LogP contribution in [0.4, 0.5) is 10.5 Å². The number of hydrogen-bond donors (Lipinski definition) is 1. The van der Waals surface area contributed by atoms with Crippen molar-refractivity contribution in [2.24, 2.45) is 0 Å². The summed E-state index contributed by atoms with van der Waals surface area (Å²) < 4.78 is 24.8. The summed E-state index contributed by atoms with van der Waals surface area (Å²) in [7, 11) is -2.10. The monoisotopic (exact) mass is 625 g/mol. The molecule has 4 amide bonds. The van der Waals surface area contributed by atoms with Crippen molar-refractivity contribution in [1.29, 1.82) is 5.26 Å². The lowest BCUT2D eigenvalue weighted by Gasteiger charge is -2.34. The number of likely N-dealkylation sites (N-methyl/N-ethyl adjacent to an activating group) is 1. The van der Waals surface area contributed by atoms with Crippen LogP contribution in [0.25, 0.3) is 0 Å². The standard InChI is InChI=1S/C29H25Cl2N5O5S/c1-34-28(39)36(24-12-22(30)11-23(31)13-24)27(38)29(34)17-35(16-25(29)20-7-3-18(14-32)4-8-20)15-19-5-9-21(10-6-19)26(37)33-42(2,40)41/h3-13,25H,15-17H2,1-2H3,(H,33,37). The molecule has 2 saturated heterocycles. The van der Waals surface area contributed by atoms with Gasteiger partial charge < -0.3 is 4.90 Å². The summed E-state index contributed by atoms with van der Waals surface area (Å²) in [6, 6.07) is 19.6. The van der Waals surface area contributed by atoms with E-state index in [1.165, 1.54) is 35.2 Å². The molecule has 2 aliphatic rings. The number of halogens is 2. The number of amides is 4. The van der Waals surface area contributed by atoms with E-state index in [0.29, 0.717) is 18.7 Å². The van der Waals surface area contributed by atoms with Gasteiger partial charge in [-0.2, -0.15) is 5.26 Å². The summed E-state index contributed by atoms with van der Waals surface area (Å²) in [6.07, 6.45) is 0.904. The molecule has 42 heavy (non-hydrogen) atoms. The predicted molar refractivity (Wildman–Crippen MR) is 158 cm³/mol. The number of nitrogens with zero attached hydrogens (tertiary/aromatic N) is 4. The lowest BCUT2D eigenvalue weighted by Crippen LogP contribution is -2.53. The number of urea groups is 1. The van der Waals surface area contributed by atoms with Crippen molar-refractivity contribution in [1.82, 2.24) is 14.5 Å². The molecule has 0 aromatic heterocycles. The highest BCUT2D eigenvalue weighted by molar-refractivity contribution is 7.89. The largest absolute Gasteiger partial charge is 0.332 e. The Morgan fingerprint density at radius 3 is 2.24 bits per heavy atom. The van der Waals surface area contributed by atoms with Crippen molar-refractivity contribution in [3.63, 3.8) is 0 Å². The van der Waals surface area contributed by atoms with Gasteiger partial charge in [0.2, 0.25) is 10.0 Å². The Labute approximate surface area is 253 Å². The number of rotatable bonds is 6. The van der Waals surface area contributed by atoms with Crippen molar-refractivity contribution in [3.05, 3.63) is 99.0 Å². The second-order valence-electron chi connectivity index (χ2n) is 10.4. The van der Waals surface area contributed by atoms with Crippen LogP contribution in [-0.2, 0) is 21.4 Å². The van der Waals surface area contributed by atoms with E-state index in [9.17, 15) is 28.1 Å². The number of anilines is 1. The van der Waals surface area contributed by atoms with Gasteiger partial charge in [0.05, 0.1) is 23.6 Å².